The number of nitrogens with one attached hydrogen (secondary N) is 1. The van der Waals surface area contributed by atoms with Gasteiger partial charge in [-0.25, -0.2) is 0 Å². The van der Waals surface area contributed by atoms with Gasteiger partial charge < -0.3 is 5.32 Å². The van der Waals surface area contributed by atoms with Gasteiger partial charge in [0.15, 0.2) is 0 Å². The van der Waals surface area contributed by atoms with Crippen molar-refractivity contribution in [2.45, 2.75) is 44.4 Å². The van der Waals surface area contributed by atoms with Gasteiger partial charge in [-0.15, -0.1) is 0 Å². The summed E-state index contributed by atoms with van der Waals surface area (Å²) in [7, 11) is 0. The number of likely N-dealkylation sites (tertiary alicyclic amines) is 1. The normalized spacial score (nSPS) is 19.5. The summed E-state index contributed by atoms with van der Waals surface area (Å²) < 4.78 is 0. The highest BCUT2D eigenvalue weighted by molar-refractivity contribution is 7.99. The largest absolute Gasteiger partial charge is 0.308 e. The van der Waals surface area contributed by atoms with Gasteiger partial charge in [0.25, 0.3) is 0 Å². The van der Waals surface area contributed by atoms with E-state index in [4.69, 9.17) is 0 Å². The molecule has 0 aliphatic carbocycles. The average molecular weight is 256 g/mol. The first-order chi connectivity index (χ1) is 7.90. The topological polar surface area (TPSA) is 15.3 Å². The Bertz CT molecular complexity index is 237. The molecule has 1 heterocycles. The van der Waals surface area contributed by atoms with E-state index in [0.717, 1.165) is 18.3 Å². The van der Waals surface area contributed by atoms with Crippen LogP contribution in [0.3, 0.4) is 0 Å². The average Bonchev–Trinajstić information content (AvgIpc) is 2.27. The number of rotatable bonds is 5. The molecule has 0 saturated carbocycles. The van der Waals surface area contributed by atoms with Gasteiger partial charge in [0, 0.05) is 23.9 Å². The zero-order valence-corrected chi connectivity index (χ0v) is 12.7. The first kappa shape index (κ1) is 15.1. The van der Waals surface area contributed by atoms with Crippen molar-refractivity contribution >= 4 is 11.8 Å². The molecule has 0 atom stereocenters. The van der Waals surface area contributed by atoms with Crippen LogP contribution in [0.25, 0.3) is 0 Å². The van der Waals surface area contributed by atoms with Crippen molar-refractivity contribution in [1.29, 1.82) is 0 Å². The molecule has 2 nitrogen and oxygen atoms in total. The third kappa shape index (κ3) is 6.49. The van der Waals surface area contributed by atoms with Crippen LogP contribution in [0, 0.1) is 0 Å². The quantitative estimate of drug-likeness (QED) is 0.762. The van der Waals surface area contributed by atoms with Crippen LogP contribution in [-0.4, -0.2) is 48.1 Å². The molecule has 1 saturated heterocycles. The molecule has 1 aliphatic rings. The minimum atomic E-state index is 0.189. The minimum absolute atomic E-state index is 0.189. The third-order valence-corrected chi connectivity index (χ3v) is 4.32. The number of thioether (sulfide) groups is 1. The summed E-state index contributed by atoms with van der Waals surface area (Å²) in [6.07, 6.45) is 4.90. The fourth-order valence-electron chi connectivity index (χ4n) is 2.07. The van der Waals surface area contributed by atoms with E-state index in [1.54, 1.807) is 0 Å². The molecule has 1 N–H and O–H groups in total. The molecule has 100 valence electrons. The lowest BCUT2D eigenvalue weighted by molar-refractivity contribution is 0.248. The van der Waals surface area contributed by atoms with E-state index in [9.17, 15) is 0 Å². The maximum atomic E-state index is 4.18. The van der Waals surface area contributed by atoms with Crippen molar-refractivity contribution in [1.82, 2.24) is 10.2 Å². The predicted octanol–water partition coefficient (Wildman–Crippen LogP) is 2.76. The summed E-state index contributed by atoms with van der Waals surface area (Å²) in [4.78, 5) is 2.54. The zero-order chi connectivity index (χ0) is 12.9. The number of nitrogens with zero attached hydrogens (tertiary/aromatic N) is 1. The molecule has 0 radical (unpaired) electrons. The Labute approximate surface area is 111 Å². The monoisotopic (exact) mass is 256 g/mol. The van der Waals surface area contributed by atoms with Crippen LogP contribution in [0.2, 0.25) is 0 Å². The highest BCUT2D eigenvalue weighted by Crippen LogP contribution is 2.21. The molecule has 3 heteroatoms. The lowest BCUT2D eigenvalue weighted by Crippen LogP contribution is -2.40. The Balaban J connectivity index is 2.19. The van der Waals surface area contributed by atoms with Crippen LogP contribution in [0.4, 0.5) is 0 Å². The molecule has 0 aromatic carbocycles. The first-order valence-electron chi connectivity index (χ1n) is 6.57. The van der Waals surface area contributed by atoms with E-state index >= 15 is 0 Å². The van der Waals surface area contributed by atoms with Gasteiger partial charge >= 0.3 is 0 Å². The van der Waals surface area contributed by atoms with Crippen molar-refractivity contribution in [3.8, 4) is 0 Å². The van der Waals surface area contributed by atoms with Gasteiger partial charge in [-0.3, -0.25) is 4.90 Å². The predicted molar refractivity (Wildman–Crippen MR) is 79.9 cm³/mol. The number of hydrogen-bond acceptors (Lipinski definition) is 3. The summed E-state index contributed by atoms with van der Waals surface area (Å²) in [5.74, 6) is 0. The van der Waals surface area contributed by atoms with Gasteiger partial charge in [0.2, 0.25) is 0 Å². The molecule has 0 unspecified atom stereocenters. The van der Waals surface area contributed by atoms with E-state index in [0.29, 0.717) is 0 Å². The first-order valence-corrected chi connectivity index (χ1v) is 7.86. The fourth-order valence-corrected chi connectivity index (χ4v) is 2.75. The highest BCUT2D eigenvalue weighted by Gasteiger charge is 2.18. The Morgan fingerprint density at radius 1 is 1.35 bits per heavy atom. The molecule has 0 amide bonds. The Morgan fingerprint density at radius 3 is 2.41 bits per heavy atom. The van der Waals surface area contributed by atoms with E-state index in [2.05, 4.69) is 43.8 Å². The minimum Gasteiger partial charge on any atom is -0.308 e. The summed E-state index contributed by atoms with van der Waals surface area (Å²) in [5.41, 5.74) is 1.50. The molecule has 1 fully saturated rings. The molecule has 17 heavy (non-hydrogen) atoms. The van der Waals surface area contributed by atoms with E-state index < -0.39 is 0 Å². The van der Waals surface area contributed by atoms with Crippen LogP contribution in [0.5, 0.6) is 0 Å². The molecule has 1 rings (SSSR count). The van der Waals surface area contributed by atoms with Crippen LogP contribution < -0.4 is 5.32 Å². The van der Waals surface area contributed by atoms with Crippen molar-refractivity contribution in [2.24, 2.45) is 0 Å². The summed E-state index contributed by atoms with van der Waals surface area (Å²) in [6.45, 7) is 15.2. The zero-order valence-electron chi connectivity index (χ0n) is 11.9. The lowest BCUT2D eigenvalue weighted by atomic mass is 10.1. The Hall–Kier alpha value is 0.0100. The molecule has 0 spiro atoms. The molecule has 0 bridgehead atoms. The van der Waals surface area contributed by atoms with Gasteiger partial charge in [-0.2, -0.15) is 11.8 Å². The van der Waals surface area contributed by atoms with Gasteiger partial charge in [-0.05, 0) is 58.5 Å². The molecule has 0 aromatic heterocycles. The van der Waals surface area contributed by atoms with Gasteiger partial charge in [0.05, 0.1) is 0 Å². The molecular formula is C14H28N2S. The second kappa shape index (κ2) is 6.81. The summed E-state index contributed by atoms with van der Waals surface area (Å²) in [6, 6.07) is 0. The van der Waals surface area contributed by atoms with Gasteiger partial charge in [-0.1, -0.05) is 6.58 Å². The highest BCUT2D eigenvalue weighted by atomic mass is 32.2. The Kier molecular flexibility index (Phi) is 6.04. The third-order valence-electron chi connectivity index (χ3n) is 3.18. The van der Waals surface area contributed by atoms with Crippen LogP contribution in [0.1, 0.15) is 33.6 Å². The molecule has 1 aliphatic heterocycles. The van der Waals surface area contributed by atoms with Crippen LogP contribution in [0.15, 0.2) is 12.2 Å². The van der Waals surface area contributed by atoms with Crippen molar-refractivity contribution < 1.29 is 0 Å². The smallest absolute Gasteiger partial charge is 0.0202 e. The van der Waals surface area contributed by atoms with Crippen molar-refractivity contribution in [2.75, 3.05) is 32.4 Å². The number of piperidine rings is 1. The fraction of sp³-hybridized carbons (Fsp3) is 0.857. The van der Waals surface area contributed by atoms with Crippen molar-refractivity contribution in [3.63, 3.8) is 0 Å². The Morgan fingerprint density at radius 2 is 1.94 bits per heavy atom. The van der Waals surface area contributed by atoms with E-state index in [1.807, 2.05) is 11.8 Å². The number of hydrogen-bond donors (Lipinski definition) is 1. The second-order valence-electron chi connectivity index (χ2n) is 6.06. The lowest BCUT2D eigenvalue weighted by Gasteiger charge is -2.32. The van der Waals surface area contributed by atoms with Crippen LogP contribution >= 0.6 is 11.8 Å². The van der Waals surface area contributed by atoms with Crippen molar-refractivity contribution in [3.05, 3.63) is 12.2 Å². The van der Waals surface area contributed by atoms with E-state index in [1.165, 1.54) is 31.5 Å². The SMILES string of the molecule is C=C(CNC(C)(C)C)CN1CCC(SC)CC1. The summed E-state index contributed by atoms with van der Waals surface area (Å²) >= 11 is 2.02. The molecular weight excluding hydrogens is 228 g/mol. The van der Waals surface area contributed by atoms with E-state index in [-0.39, 0.29) is 5.54 Å². The second-order valence-corrected chi connectivity index (χ2v) is 7.20. The molecule has 0 aromatic rings. The standard InChI is InChI=1S/C14H28N2S/c1-12(10-15-14(2,3)4)11-16-8-6-13(17-5)7-9-16/h13,15H,1,6-11H2,2-5H3. The van der Waals surface area contributed by atoms with Crippen LogP contribution in [-0.2, 0) is 0 Å². The maximum absolute atomic E-state index is 4.18. The van der Waals surface area contributed by atoms with Gasteiger partial charge in [0.1, 0.15) is 0 Å². The maximum Gasteiger partial charge on any atom is 0.0202 e. The summed E-state index contributed by atoms with van der Waals surface area (Å²) in [5, 5.41) is 4.38.